The van der Waals surface area contributed by atoms with Gasteiger partial charge in [-0.1, -0.05) is 18.2 Å². The smallest absolute Gasteiger partial charge is 0.321 e. The van der Waals surface area contributed by atoms with Crippen molar-refractivity contribution in [1.82, 2.24) is 15.3 Å². The Morgan fingerprint density at radius 2 is 2.21 bits per heavy atom. The van der Waals surface area contributed by atoms with Crippen molar-refractivity contribution in [2.75, 3.05) is 0 Å². The molecule has 1 atom stereocenters. The van der Waals surface area contributed by atoms with Gasteiger partial charge in [0, 0.05) is 30.4 Å². The Morgan fingerprint density at radius 1 is 1.42 bits per heavy atom. The van der Waals surface area contributed by atoms with E-state index in [-0.39, 0.29) is 12.3 Å². The summed E-state index contributed by atoms with van der Waals surface area (Å²) in [4.78, 5) is 17.9. The average molecular weight is 261 g/mol. The molecular formula is C13H15N3O3. The van der Waals surface area contributed by atoms with Crippen molar-refractivity contribution in [3.05, 3.63) is 48.0 Å². The van der Waals surface area contributed by atoms with Crippen LogP contribution < -0.4 is 5.32 Å². The highest BCUT2D eigenvalue weighted by atomic mass is 16.4. The number of para-hydroxylation sites is 1. The van der Waals surface area contributed by atoms with E-state index < -0.39 is 12.0 Å². The molecule has 0 aliphatic rings. The van der Waals surface area contributed by atoms with Crippen LogP contribution in [0.3, 0.4) is 0 Å². The summed E-state index contributed by atoms with van der Waals surface area (Å²) in [5.41, 5.74) is 1.41. The van der Waals surface area contributed by atoms with E-state index in [2.05, 4.69) is 15.3 Å². The van der Waals surface area contributed by atoms with E-state index in [1.807, 2.05) is 0 Å². The maximum atomic E-state index is 11.2. The molecule has 2 rings (SSSR count). The molecule has 0 radical (unpaired) electrons. The lowest BCUT2D eigenvalue weighted by molar-refractivity contribution is -0.139. The number of carboxylic acids is 1. The molecule has 0 spiro atoms. The van der Waals surface area contributed by atoms with Crippen molar-refractivity contribution in [3.63, 3.8) is 0 Å². The topological polar surface area (TPSA) is 98.2 Å². The number of benzene rings is 1. The number of hydrogen-bond donors (Lipinski definition) is 4. The number of phenolic OH excluding ortho intramolecular Hbond substituents is 1. The zero-order valence-electron chi connectivity index (χ0n) is 10.2. The standard InChI is InChI=1S/C13H15N3O3/c17-12-4-2-1-3-9(12)6-15-11(13(18)19)5-10-7-14-8-16-10/h1-4,7-8,11,15,17H,5-6H2,(H,14,16)(H,18,19)/t11-/m1/s1. The first kappa shape index (κ1) is 13.1. The average Bonchev–Trinajstić information content (AvgIpc) is 2.88. The number of rotatable bonds is 6. The van der Waals surface area contributed by atoms with Crippen LogP contribution in [-0.4, -0.2) is 32.2 Å². The maximum absolute atomic E-state index is 11.2. The molecule has 0 amide bonds. The second-order valence-electron chi connectivity index (χ2n) is 4.18. The number of imidazole rings is 1. The number of aromatic amines is 1. The second-order valence-corrected chi connectivity index (χ2v) is 4.18. The highest BCUT2D eigenvalue weighted by Crippen LogP contribution is 2.15. The van der Waals surface area contributed by atoms with E-state index in [4.69, 9.17) is 5.11 Å². The Labute approximate surface area is 110 Å². The first-order chi connectivity index (χ1) is 9.16. The molecule has 0 saturated carbocycles. The Kier molecular flexibility index (Phi) is 4.15. The number of aromatic nitrogens is 2. The maximum Gasteiger partial charge on any atom is 0.321 e. The molecule has 100 valence electrons. The zero-order chi connectivity index (χ0) is 13.7. The molecule has 1 aromatic heterocycles. The van der Waals surface area contributed by atoms with Crippen LogP contribution in [-0.2, 0) is 17.8 Å². The Morgan fingerprint density at radius 3 is 2.84 bits per heavy atom. The molecule has 6 heteroatoms. The number of carbonyl (C=O) groups is 1. The van der Waals surface area contributed by atoms with Crippen LogP contribution in [0.25, 0.3) is 0 Å². The fourth-order valence-electron chi connectivity index (χ4n) is 1.76. The van der Waals surface area contributed by atoms with Crippen LogP contribution >= 0.6 is 0 Å². The number of nitrogens with zero attached hydrogens (tertiary/aromatic N) is 1. The molecule has 1 aromatic carbocycles. The predicted molar refractivity (Wildman–Crippen MR) is 68.7 cm³/mol. The van der Waals surface area contributed by atoms with Gasteiger partial charge in [0.1, 0.15) is 11.8 Å². The van der Waals surface area contributed by atoms with Crippen molar-refractivity contribution in [3.8, 4) is 5.75 Å². The first-order valence-electron chi connectivity index (χ1n) is 5.87. The van der Waals surface area contributed by atoms with Crippen LogP contribution in [0.1, 0.15) is 11.3 Å². The van der Waals surface area contributed by atoms with Crippen LogP contribution in [0.15, 0.2) is 36.8 Å². The SMILES string of the molecule is O=C(O)[C@@H](Cc1cnc[nH]1)NCc1ccccc1O. The fourth-order valence-corrected chi connectivity index (χ4v) is 1.76. The van der Waals surface area contributed by atoms with E-state index in [9.17, 15) is 9.90 Å². The summed E-state index contributed by atoms with van der Waals surface area (Å²) in [7, 11) is 0. The largest absolute Gasteiger partial charge is 0.508 e. The Bertz CT molecular complexity index is 540. The molecule has 4 N–H and O–H groups in total. The van der Waals surface area contributed by atoms with Gasteiger partial charge >= 0.3 is 5.97 Å². The molecular weight excluding hydrogens is 246 g/mol. The van der Waals surface area contributed by atoms with Crippen LogP contribution in [0.2, 0.25) is 0 Å². The monoisotopic (exact) mass is 261 g/mol. The van der Waals surface area contributed by atoms with Crippen molar-refractivity contribution < 1.29 is 15.0 Å². The molecule has 0 aliphatic heterocycles. The van der Waals surface area contributed by atoms with E-state index in [0.29, 0.717) is 12.0 Å². The summed E-state index contributed by atoms with van der Waals surface area (Å²) in [5.74, 6) is -0.786. The lowest BCUT2D eigenvalue weighted by atomic mass is 10.1. The van der Waals surface area contributed by atoms with Gasteiger partial charge in [0.05, 0.1) is 6.33 Å². The van der Waals surface area contributed by atoms with Gasteiger partial charge < -0.3 is 15.2 Å². The summed E-state index contributed by atoms with van der Waals surface area (Å²) in [6.07, 6.45) is 3.41. The molecule has 2 aromatic rings. The molecule has 0 saturated heterocycles. The number of hydrogen-bond acceptors (Lipinski definition) is 4. The third-order valence-electron chi connectivity index (χ3n) is 2.81. The summed E-state index contributed by atoms with van der Waals surface area (Å²) < 4.78 is 0. The fraction of sp³-hybridized carbons (Fsp3) is 0.231. The molecule has 0 fully saturated rings. The second kappa shape index (κ2) is 6.01. The predicted octanol–water partition coefficient (Wildman–Crippen LogP) is 0.901. The summed E-state index contributed by atoms with van der Waals surface area (Å²) in [6.45, 7) is 0.289. The number of phenols is 1. The number of H-pyrrole nitrogens is 1. The third-order valence-corrected chi connectivity index (χ3v) is 2.81. The molecule has 0 bridgehead atoms. The quantitative estimate of drug-likeness (QED) is 0.619. The van der Waals surface area contributed by atoms with Gasteiger partial charge in [0.25, 0.3) is 0 Å². The van der Waals surface area contributed by atoms with E-state index in [1.165, 1.54) is 6.33 Å². The first-order valence-corrected chi connectivity index (χ1v) is 5.87. The van der Waals surface area contributed by atoms with Gasteiger partial charge in [0.15, 0.2) is 0 Å². The van der Waals surface area contributed by atoms with Gasteiger partial charge in [-0.25, -0.2) is 4.98 Å². The number of aromatic hydroxyl groups is 1. The van der Waals surface area contributed by atoms with Gasteiger partial charge in [0.2, 0.25) is 0 Å². The van der Waals surface area contributed by atoms with Gasteiger partial charge in [-0.3, -0.25) is 10.1 Å². The van der Waals surface area contributed by atoms with Crippen molar-refractivity contribution >= 4 is 5.97 Å². The van der Waals surface area contributed by atoms with E-state index in [0.717, 1.165) is 5.69 Å². The minimum Gasteiger partial charge on any atom is -0.508 e. The normalized spacial score (nSPS) is 12.2. The Balaban J connectivity index is 1.98. The molecule has 6 nitrogen and oxygen atoms in total. The minimum absolute atomic E-state index is 0.153. The molecule has 19 heavy (non-hydrogen) atoms. The van der Waals surface area contributed by atoms with Gasteiger partial charge in [-0.15, -0.1) is 0 Å². The third kappa shape index (κ3) is 3.56. The van der Waals surface area contributed by atoms with E-state index in [1.54, 1.807) is 30.5 Å². The lowest BCUT2D eigenvalue weighted by Crippen LogP contribution is -2.38. The number of nitrogens with one attached hydrogen (secondary N) is 2. The zero-order valence-corrected chi connectivity index (χ0v) is 10.2. The lowest BCUT2D eigenvalue weighted by Gasteiger charge is -2.14. The number of carboxylic acid groups (broad SMARTS) is 1. The minimum atomic E-state index is -0.940. The molecule has 1 heterocycles. The van der Waals surface area contributed by atoms with Crippen LogP contribution in [0.5, 0.6) is 5.75 Å². The summed E-state index contributed by atoms with van der Waals surface area (Å²) in [5, 5.41) is 21.7. The van der Waals surface area contributed by atoms with Gasteiger partial charge in [-0.05, 0) is 6.07 Å². The van der Waals surface area contributed by atoms with Crippen LogP contribution in [0.4, 0.5) is 0 Å². The Hall–Kier alpha value is -2.34. The summed E-state index contributed by atoms with van der Waals surface area (Å²) >= 11 is 0. The van der Waals surface area contributed by atoms with Crippen molar-refractivity contribution in [1.29, 1.82) is 0 Å². The molecule has 0 unspecified atom stereocenters. The van der Waals surface area contributed by atoms with Crippen molar-refractivity contribution in [2.24, 2.45) is 0 Å². The summed E-state index contributed by atoms with van der Waals surface area (Å²) in [6, 6.07) is 6.10. The number of aliphatic carboxylic acids is 1. The van der Waals surface area contributed by atoms with Crippen molar-refractivity contribution in [2.45, 2.75) is 19.0 Å². The highest BCUT2D eigenvalue weighted by Gasteiger charge is 2.18. The van der Waals surface area contributed by atoms with E-state index >= 15 is 0 Å². The molecule has 0 aliphatic carbocycles. The van der Waals surface area contributed by atoms with Crippen LogP contribution in [0, 0.1) is 0 Å². The highest BCUT2D eigenvalue weighted by molar-refractivity contribution is 5.73. The van der Waals surface area contributed by atoms with Gasteiger partial charge in [-0.2, -0.15) is 0 Å².